The van der Waals surface area contributed by atoms with E-state index in [9.17, 15) is 30.7 Å². The van der Waals surface area contributed by atoms with E-state index < -0.39 is 5.91 Å². The van der Waals surface area contributed by atoms with Gasteiger partial charge in [0.25, 0.3) is 23.3 Å². The summed E-state index contributed by atoms with van der Waals surface area (Å²) in [6.07, 6.45) is 0.543. The summed E-state index contributed by atoms with van der Waals surface area (Å²) < 4.78 is 96.2. The summed E-state index contributed by atoms with van der Waals surface area (Å²) in [4.78, 5) is 54.7. The molecule has 10 aliphatic rings. The van der Waals surface area contributed by atoms with Crippen molar-refractivity contribution in [3.63, 3.8) is 0 Å². The van der Waals surface area contributed by atoms with E-state index in [1.807, 2.05) is 168 Å². The van der Waals surface area contributed by atoms with Gasteiger partial charge in [-0.05, 0) is 85.6 Å². The summed E-state index contributed by atoms with van der Waals surface area (Å²) in [7, 11) is 3.00. The maximum Gasteiger partial charge on any atom is 0.404 e. The molecule has 564 valence electrons. The molecular formula is C86H91F8N15+2. The minimum Gasteiger partial charge on any atom is -0.324 e. The average molecular weight is 1490 g/mol. The first-order valence-corrected chi connectivity index (χ1v) is 36.3. The first-order chi connectivity index (χ1) is 53.8. The van der Waals surface area contributed by atoms with Crippen molar-refractivity contribution in [1.82, 2.24) is 14.1 Å². The van der Waals surface area contributed by atoms with E-state index in [2.05, 4.69) is 90.0 Å². The summed E-state index contributed by atoms with van der Waals surface area (Å²) in [6.45, 7) is 27.5. The van der Waals surface area contributed by atoms with Crippen molar-refractivity contribution in [1.29, 1.82) is 0 Å². The van der Waals surface area contributed by atoms with E-state index >= 15 is 4.39 Å². The summed E-state index contributed by atoms with van der Waals surface area (Å²) in [5.41, 5.74) is 14.2. The van der Waals surface area contributed by atoms with Crippen molar-refractivity contribution >= 4 is 114 Å². The second-order valence-corrected chi connectivity index (χ2v) is 22.4. The van der Waals surface area contributed by atoms with E-state index in [4.69, 9.17) is 49.9 Å². The fourth-order valence-electron chi connectivity index (χ4n) is 14.1. The van der Waals surface area contributed by atoms with Gasteiger partial charge in [-0.15, -0.1) is 9.15 Å². The number of hydrogen-bond acceptors (Lipinski definition) is 10. The number of aryl methyl sites for hydroxylation is 2. The number of aromatic amines is 1. The molecule has 1 unspecified atom stereocenters. The summed E-state index contributed by atoms with van der Waals surface area (Å²) in [6, 6.07) is 55.8. The minimum atomic E-state index is -1.06. The number of alkyl halides is 6. The lowest BCUT2D eigenvalue weighted by Crippen LogP contribution is -2.71. The summed E-state index contributed by atoms with van der Waals surface area (Å²) in [5, 5.41) is 5.02. The molecule has 9 aliphatic heterocycles. The van der Waals surface area contributed by atoms with E-state index in [0.717, 1.165) is 134 Å². The third kappa shape index (κ3) is 13.2. The van der Waals surface area contributed by atoms with Crippen LogP contribution in [0.2, 0.25) is 0 Å². The molecule has 1 aliphatic carbocycles. The Morgan fingerprint density at radius 2 is 0.606 bits per heavy atom. The zero-order valence-corrected chi connectivity index (χ0v) is 65.2. The number of amidine groups is 8. The fraction of sp³-hybridized carbons (Fsp3) is 0.256. The van der Waals surface area contributed by atoms with Crippen LogP contribution in [0.25, 0.3) is 32.3 Å². The highest BCUT2D eigenvalue weighted by molar-refractivity contribution is 6.35. The highest BCUT2D eigenvalue weighted by Gasteiger charge is 2.69. The molecular weight excluding hydrogens is 1400 g/mol. The first-order valence-electron chi connectivity index (χ1n) is 36.3. The highest BCUT2D eigenvalue weighted by Crippen LogP contribution is 2.53. The Kier molecular flexibility index (Phi) is 27.8. The van der Waals surface area contributed by atoms with E-state index in [0.29, 0.717) is 107 Å². The maximum absolute atomic E-state index is 15.3. The van der Waals surface area contributed by atoms with Crippen LogP contribution in [0, 0.1) is 25.5 Å². The smallest absolute Gasteiger partial charge is 0.324 e. The van der Waals surface area contributed by atoms with Crippen LogP contribution in [-0.4, -0.2) is 124 Å². The minimum absolute atomic E-state index is 0.262. The van der Waals surface area contributed by atoms with Crippen LogP contribution < -0.4 is 11.0 Å². The molecule has 0 radical (unpaired) electrons. The molecule has 109 heavy (non-hydrogen) atoms. The third-order valence-electron chi connectivity index (χ3n) is 17.8. The van der Waals surface area contributed by atoms with Gasteiger partial charge in [0.2, 0.25) is 22.6 Å². The monoisotopic (exact) mass is 1490 g/mol. The molecule has 0 fully saturated rings. The van der Waals surface area contributed by atoms with E-state index in [1.54, 1.807) is 26.0 Å². The quantitative estimate of drug-likeness (QED) is 0.113. The molecule has 0 saturated carbocycles. The Morgan fingerprint density at radius 3 is 0.982 bits per heavy atom. The molecule has 1 atom stereocenters. The number of benzene rings is 8. The van der Waals surface area contributed by atoms with Crippen LogP contribution in [0.4, 0.5) is 58.4 Å². The summed E-state index contributed by atoms with van der Waals surface area (Å²) >= 11 is 0. The predicted molar refractivity (Wildman–Crippen MR) is 434 cm³/mol. The lowest BCUT2D eigenvalue weighted by Gasteiger charge is -2.40. The van der Waals surface area contributed by atoms with Gasteiger partial charge in [0.05, 0.1) is 82.1 Å². The van der Waals surface area contributed by atoms with Crippen LogP contribution in [0.5, 0.6) is 0 Å². The molecule has 15 nitrogen and oxygen atoms in total. The number of halogens is 8. The molecule has 1 N–H and O–H groups in total. The lowest BCUT2D eigenvalue weighted by molar-refractivity contribution is -0.790. The lowest BCUT2D eigenvalue weighted by atomic mass is 10.1. The van der Waals surface area contributed by atoms with Crippen LogP contribution in [0.1, 0.15) is 156 Å². The number of rotatable bonds is 0. The molecule has 21 rings (SSSR count). The largest absolute Gasteiger partial charge is 0.404 e. The number of H-pyrrole nitrogens is 1. The molecule has 1 spiro atoms. The topological polar surface area (TPSA) is 155 Å². The molecule has 11 aromatic rings. The summed E-state index contributed by atoms with van der Waals surface area (Å²) in [5.74, 6) is 6.27. The Balaban J connectivity index is 0.000000216. The van der Waals surface area contributed by atoms with Crippen LogP contribution in [-0.2, 0) is 5.91 Å². The molecule has 0 saturated heterocycles. The highest BCUT2D eigenvalue weighted by atomic mass is 19.1. The molecule has 3 aromatic heterocycles. The normalized spacial score (nSPS) is 14.9. The molecule has 8 aromatic carbocycles. The van der Waals surface area contributed by atoms with Gasteiger partial charge >= 0.3 is 5.91 Å². The number of fused-ring (bicyclic) bond motifs is 30. The number of aromatic nitrogens is 3. The van der Waals surface area contributed by atoms with E-state index in [1.165, 1.54) is 6.07 Å². The Bertz CT molecular complexity index is 5390. The number of nitrogens with zero attached hydrogens (tertiary/aromatic N) is 14. The maximum atomic E-state index is 15.3. The van der Waals surface area contributed by atoms with Gasteiger partial charge in [-0.2, -0.15) is 9.13 Å². The van der Waals surface area contributed by atoms with Gasteiger partial charge in [0.1, 0.15) is 23.3 Å². The second kappa shape index (κ2) is 36.6. The molecule has 0 amide bonds. The van der Waals surface area contributed by atoms with Crippen molar-refractivity contribution in [3.8, 4) is 0 Å². The average Bonchev–Trinajstić information content (AvgIpc) is 1.48. The van der Waals surface area contributed by atoms with E-state index in [-0.39, 0.29) is 11.6 Å². The van der Waals surface area contributed by atoms with Gasteiger partial charge in [-0.1, -0.05) is 212 Å². The molecule has 12 heterocycles. The Hall–Kier alpha value is -11.9. The van der Waals surface area contributed by atoms with Gasteiger partial charge in [-0.3, -0.25) is 26.3 Å². The van der Waals surface area contributed by atoms with Crippen molar-refractivity contribution in [2.75, 3.05) is 43.1 Å². The van der Waals surface area contributed by atoms with Crippen molar-refractivity contribution < 1.29 is 44.3 Å². The fourth-order valence-corrected chi connectivity index (χ4v) is 14.1. The van der Waals surface area contributed by atoms with Gasteiger partial charge < -0.3 is 4.98 Å². The number of nitrogens with one attached hydrogen (secondary N) is 1. The first kappa shape index (κ1) is 82.8. The molecule has 8 bridgehead atoms. The predicted octanol–water partition coefficient (Wildman–Crippen LogP) is 20.8. The zero-order valence-electron chi connectivity index (χ0n) is 65.2. The van der Waals surface area contributed by atoms with Crippen molar-refractivity contribution in [2.45, 2.75) is 109 Å². The van der Waals surface area contributed by atoms with Crippen LogP contribution >= 0.6 is 0 Å². The van der Waals surface area contributed by atoms with Crippen molar-refractivity contribution in [3.05, 3.63) is 259 Å². The third-order valence-corrected chi connectivity index (χ3v) is 17.8. The number of aliphatic imine (C=N–C) groups is 8. The van der Waals surface area contributed by atoms with Gasteiger partial charge in [0, 0.05) is 66.7 Å². The van der Waals surface area contributed by atoms with Crippen LogP contribution in [0.3, 0.4) is 0 Å². The Labute approximate surface area is 630 Å². The number of hydrogen-bond donors (Lipinski definition) is 1. The van der Waals surface area contributed by atoms with Gasteiger partial charge in [0.15, 0.2) is 23.3 Å². The van der Waals surface area contributed by atoms with Crippen LogP contribution in [0.15, 0.2) is 220 Å². The zero-order chi connectivity index (χ0) is 79.9. The van der Waals surface area contributed by atoms with Crippen molar-refractivity contribution in [2.24, 2.45) is 49.9 Å². The SMILES string of the molecule is CC.CC.CC.CC.CC.CC.CF.CF.CF.CF.CF.CF.Cc1cc2c3[nH]c(c2cc1F)N=C1N=C(N=C2CC(=NC4=NC(=N3)c3ccccc34)c3ccccc32)c2ccccc21.Cc1cc2c3n4c(c2cc1F)N=C1c2ccccc2C2=[N+]1C41n4c(c5ccccc5c4=N2)=NC2=[N+]1C(=N3)c1ccccc12. The standard InChI is InChI=1S/C34H17FN8.C34H20FN7.6C2H6.6CH3F/c1-16-14-23-24(15-25(16)35)33-39-31-22-13-7-5-11-20(22)29-37-27-18-9-3-2-8-17(18)26-36-28-19-10-4-6-12-21(19)30-38-32(23)43(33)34(40(26)27,41(28)30)42(29)31;1-17-14-24-25(15-26(17)35)34-41-32-23-13-7-5-11-21(23)30(39-32)37-28-16-27(18-8-2-3-9-19(18)28)36-29-20-10-4-6-12-22(20)31(38-29)40-33(24)42-34;12*1-2/h2-15H,1H3;2-15H,16H2,1H3,(H,36,37,38,39,40,41,42);6*1-2H3;6*1H3/q+2;;;;;;;;;;;;;. The second-order valence-electron chi connectivity index (χ2n) is 22.4. The Morgan fingerprint density at radius 1 is 0.312 bits per heavy atom. The molecule has 23 heteroatoms. The van der Waals surface area contributed by atoms with Gasteiger partial charge in [-0.25, -0.2) is 38.7 Å².